The minimum absolute atomic E-state index is 0.137. The van der Waals surface area contributed by atoms with Gasteiger partial charge in [-0.3, -0.25) is 4.79 Å². The Morgan fingerprint density at radius 1 is 1.15 bits per heavy atom. The quantitative estimate of drug-likeness (QED) is 0.460. The molecule has 0 radical (unpaired) electrons. The van der Waals surface area contributed by atoms with Gasteiger partial charge in [0.1, 0.15) is 17.9 Å². The van der Waals surface area contributed by atoms with Gasteiger partial charge in [0.05, 0.1) is 23.3 Å². The number of hydrogen-bond donors (Lipinski definition) is 1. The van der Waals surface area contributed by atoms with Crippen molar-refractivity contribution >= 4 is 22.8 Å². The summed E-state index contributed by atoms with van der Waals surface area (Å²) < 4.78 is 7.67. The average Bonchev–Trinajstić information content (AvgIpc) is 3.56. The highest BCUT2D eigenvalue weighted by Crippen LogP contribution is 2.31. The van der Waals surface area contributed by atoms with Gasteiger partial charge in [-0.1, -0.05) is 6.92 Å². The van der Waals surface area contributed by atoms with Crippen molar-refractivity contribution in [3.05, 3.63) is 59.9 Å². The van der Waals surface area contributed by atoms with Crippen LogP contribution in [0.5, 0.6) is 0 Å². The molecule has 1 fully saturated rings. The predicted octanol–water partition coefficient (Wildman–Crippen LogP) is 4.43. The van der Waals surface area contributed by atoms with Gasteiger partial charge in [0, 0.05) is 42.9 Å². The minimum atomic E-state index is -0.137. The van der Waals surface area contributed by atoms with E-state index in [4.69, 9.17) is 14.4 Å². The van der Waals surface area contributed by atoms with Crippen molar-refractivity contribution in [2.75, 3.05) is 11.9 Å². The molecular weight excluding hydrogens is 428 g/mol. The van der Waals surface area contributed by atoms with Crippen molar-refractivity contribution in [2.24, 2.45) is 0 Å². The Bertz CT molecular complexity index is 1310. The fourth-order valence-electron chi connectivity index (χ4n) is 4.86. The molecule has 1 aromatic carbocycles. The molecule has 1 saturated heterocycles. The second-order valence-corrected chi connectivity index (χ2v) is 8.98. The number of oxazole rings is 1. The number of benzene rings is 1. The van der Waals surface area contributed by atoms with Crippen molar-refractivity contribution in [3.63, 3.8) is 0 Å². The zero-order chi connectivity index (χ0) is 23.8. The molecule has 3 aromatic heterocycles. The number of carbonyl (C=O) groups excluding carboxylic acids is 1. The first kappa shape index (κ1) is 22.1. The smallest absolute Gasteiger partial charge is 0.251 e. The highest BCUT2D eigenvalue weighted by atomic mass is 16.3. The molecule has 0 unspecified atom stereocenters. The monoisotopic (exact) mass is 458 g/mol. The molecule has 34 heavy (non-hydrogen) atoms. The Kier molecular flexibility index (Phi) is 5.81. The Balaban J connectivity index is 1.57. The lowest BCUT2D eigenvalue weighted by Crippen LogP contribution is -2.33. The van der Waals surface area contributed by atoms with Gasteiger partial charge in [0.2, 0.25) is 0 Å². The molecule has 1 aliphatic rings. The van der Waals surface area contributed by atoms with E-state index in [0.717, 1.165) is 40.4 Å². The Morgan fingerprint density at radius 3 is 2.59 bits per heavy atom. The van der Waals surface area contributed by atoms with Gasteiger partial charge in [0.15, 0.2) is 5.89 Å². The van der Waals surface area contributed by atoms with E-state index in [-0.39, 0.29) is 5.91 Å². The minimum Gasteiger partial charge on any atom is -0.449 e. The van der Waals surface area contributed by atoms with Gasteiger partial charge in [-0.2, -0.15) is 0 Å². The summed E-state index contributed by atoms with van der Waals surface area (Å²) in [5.41, 5.74) is 4.00. The SMILES string of the molecule is CCc1nc(Cn2c(-c3ccc(N4[C@@H](C)CC[C@@H]4C)nc3)nc3cc(C(=O)NC)ccc32)co1. The third-order valence-corrected chi connectivity index (χ3v) is 6.68. The molecule has 0 saturated carbocycles. The first-order valence-corrected chi connectivity index (χ1v) is 11.9. The van der Waals surface area contributed by atoms with E-state index in [1.807, 2.05) is 31.3 Å². The van der Waals surface area contributed by atoms with Crippen LogP contribution in [0.1, 0.15) is 55.6 Å². The predicted molar refractivity (Wildman–Crippen MR) is 132 cm³/mol. The normalized spacial score (nSPS) is 18.1. The van der Waals surface area contributed by atoms with Crippen LogP contribution in [0.25, 0.3) is 22.4 Å². The maximum atomic E-state index is 12.2. The van der Waals surface area contributed by atoms with Gasteiger partial charge in [-0.15, -0.1) is 0 Å². The summed E-state index contributed by atoms with van der Waals surface area (Å²) in [4.78, 5) is 28.9. The number of amides is 1. The molecule has 0 spiro atoms. The number of aryl methyl sites for hydroxylation is 1. The summed E-state index contributed by atoms with van der Waals surface area (Å²) in [7, 11) is 1.63. The molecule has 5 rings (SSSR count). The zero-order valence-corrected chi connectivity index (χ0v) is 20.1. The third kappa shape index (κ3) is 3.93. The molecular formula is C26H30N6O2. The van der Waals surface area contributed by atoms with E-state index in [2.05, 4.69) is 45.7 Å². The topological polar surface area (TPSA) is 89.1 Å². The van der Waals surface area contributed by atoms with Crippen molar-refractivity contribution in [3.8, 4) is 11.4 Å². The third-order valence-electron chi connectivity index (χ3n) is 6.68. The average molecular weight is 459 g/mol. The van der Waals surface area contributed by atoms with E-state index in [1.165, 1.54) is 12.8 Å². The standard InChI is InChI=1S/C26H30N6O2/c1-5-24-29-20(15-34-24)14-31-22-10-8-18(26(33)27-4)12-21(22)30-25(31)19-9-11-23(28-13-19)32-16(2)6-7-17(32)3/h8-13,15-17H,5-7,14H2,1-4H3,(H,27,33)/t16-,17-/m0/s1. The van der Waals surface area contributed by atoms with Crippen LogP contribution in [-0.2, 0) is 13.0 Å². The largest absolute Gasteiger partial charge is 0.449 e. The number of pyridine rings is 1. The number of rotatable bonds is 6. The molecule has 4 aromatic rings. The maximum absolute atomic E-state index is 12.2. The van der Waals surface area contributed by atoms with Crippen LogP contribution in [0, 0.1) is 0 Å². The molecule has 1 aliphatic heterocycles. The molecule has 8 heteroatoms. The van der Waals surface area contributed by atoms with Crippen LogP contribution in [0.15, 0.2) is 47.2 Å². The molecule has 1 N–H and O–H groups in total. The lowest BCUT2D eigenvalue weighted by atomic mass is 10.2. The maximum Gasteiger partial charge on any atom is 0.251 e. The number of nitrogens with one attached hydrogen (secondary N) is 1. The van der Waals surface area contributed by atoms with Gasteiger partial charge in [-0.05, 0) is 57.0 Å². The highest BCUT2D eigenvalue weighted by molar-refractivity contribution is 5.97. The van der Waals surface area contributed by atoms with Gasteiger partial charge in [-0.25, -0.2) is 15.0 Å². The number of imidazole rings is 1. The number of aromatic nitrogens is 4. The van der Waals surface area contributed by atoms with E-state index in [9.17, 15) is 4.79 Å². The Hall–Kier alpha value is -3.68. The first-order valence-electron chi connectivity index (χ1n) is 11.9. The second-order valence-electron chi connectivity index (χ2n) is 8.98. The highest BCUT2D eigenvalue weighted by Gasteiger charge is 2.28. The van der Waals surface area contributed by atoms with Crippen molar-refractivity contribution in [1.82, 2.24) is 24.8 Å². The van der Waals surface area contributed by atoms with Gasteiger partial charge < -0.3 is 19.2 Å². The summed E-state index contributed by atoms with van der Waals surface area (Å²) in [5.74, 6) is 2.35. The van der Waals surface area contributed by atoms with Crippen LogP contribution >= 0.6 is 0 Å². The molecule has 176 valence electrons. The summed E-state index contributed by atoms with van der Waals surface area (Å²) >= 11 is 0. The number of nitrogens with zero attached hydrogens (tertiary/aromatic N) is 5. The Labute approximate surface area is 199 Å². The summed E-state index contributed by atoms with van der Waals surface area (Å²) in [6.45, 7) is 7.04. The lowest BCUT2D eigenvalue weighted by Gasteiger charge is -2.27. The fraction of sp³-hybridized carbons (Fsp3) is 0.385. The van der Waals surface area contributed by atoms with Crippen molar-refractivity contribution in [2.45, 2.75) is 58.7 Å². The molecule has 8 nitrogen and oxygen atoms in total. The van der Waals surface area contributed by atoms with Gasteiger partial charge in [0.25, 0.3) is 5.91 Å². The van der Waals surface area contributed by atoms with E-state index < -0.39 is 0 Å². The second kappa shape index (κ2) is 8.93. The van der Waals surface area contributed by atoms with Crippen LogP contribution in [0.3, 0.4) is 0 Å². The van der Waals surface area contributed by atoms with Crippen LogP contribution in [-0.4, -0.2) is 44.6 Å². The first-order chi connectivity index (χ1) is 16.5. The molecule has 2 atom stereocenters. The summed E-state index contributed by atoms with van der Waals surface area (Å²) in [5, 5.41) is 2.68. The summed E-state index contributed by atoms with van der Waals surface area (Å²) in [6, 6.07) is 10.7. The zero-order valence-electron chi connectivity index (χ0n) is 20.1. The number of carbonyl (C=O) groups is 1. The number of fused-ring (bicyclic) bond motifs is 1. The summed E-state index contributed by atoms with van der Waals surface area (Å²) in [6.07, 6.45) is 6.71. The number of hydrogen-bond acceptors (Lipinski definition) is 6. The van der Waals surface area contributed by atoms with Crippen LogP contribution < -0.4 is 10.2 Å². The van der Waals surface area contributed by atoms with E-state index in [1.54, 1.807) is 13.3 Å². The van der Waals surface area contributed by atoms with Crippen LogP contribution in [0.2, 0.25) is 0 Å². The van der Waals surface area contributed by atoms with E-state index >= 15 is 0 Å². The Morgan fingerprint density at radius 2 is 1.94 bits per heavy atom. The van der Waals surface area contributed by atoms with E-state index in [0.29, 0.717) is 30.1 Å². The van der Waals surface area contributed by atoms with Crippen LogP contribution in [0.4, 0.5) is 5.82 Å². The lowest BCUT2D eigenvalue weighted by molar-refractivity contribution is 0.0963. The van der Waals surface area contributed by atoms with Crippen molar-refractivity contribution < 1.29 is 9.21 Å². The number of anilines is 1. The molecule has 1 amide bonds. The van der Waals surface area contributed by atoms with Gasteiger partial charge >= 0.3 is 0 Å². The van der Waals surface area contributed by atoms with Crippen molar-refractivity contribution in [1.29, 1.82) is 0 Å². The molecule has 4 heterocycles. The molecule has 0 aliphatic carbocycles. The fourth-order valence-corrected chi connectivity index (χ4v) is 4.86. The molecule has 0 bridgehead atoms.